The fourth-order valence-electron chi connectivity index (χ4n) is 2.55. The van der Waals surface area contributed by atoms with Crippen LogP contribution in [0.2, 0.25) is 0 Å². The molecule has 2 aromatic rings. The summed E-state index contributed by atoms with van der Waals surface area (Å²) in [5.74, 6) is 1.22. The van der Waals surface area contributed by atoms with Crippen LogP contribution >= 0.6 is 0 Å². The molecule has 0 saturated carbocycles. The van der Waals surface area contributed by atoms with Crippen LogP contribution in [0.25, 0.3) is 0 Å². The molecule has 0 fully saturated rings. The third-order valence-corrected chi connectivity index (χ3v) is 4.23. The molecule has 2 N–H and O–H groups in total. The van der Waals surface area contributed by atoms with Gasteiger partial charge in [-0.2, -0.15) is 4.99 Å². The van der Waals surface area contributed by atoms with E-state index in [1.54, 1.807) is 0 Å². The van der Waals surface area contributed by atoms with E-state index in [2.05, 4.69) is 32.5 Å². The number of aryl methyl sites for hydroxylation is 2. The largest absolute Gasteiger partial charge is 0.494 e. The van der Waals surface area contributed by atoms with Crippen molar-refractivity contribution in [2.24, 2.45) is 10.4 Å². The first kappa shape index (κ1) is 23.3. The van der Waals surface area contributed by atoms with Gasteiger partial charge >= 0.3 is 0 Å². The Balaban J connectivity index is 2.18. The minimum absolute atomic E-state index is 0.158. The highest BCUT2D eigenvalue weighted by Crippen LogP contribution is 2.18. The van der Waals surface area contributed by atoms with Crippen LogP contribution in [0.4, 0.5) is 11.6 Å². The minimum atomic E-state index is -0.567. The predicted octanol–water partition coefficient (Wildman–Crippen LogP) is 4.92. The van der Waals surface area contributed by atoms with Gasteiger partial charge in [0.05, 0.1) is 6.61 Å². The molecule has 0 aliphatic heterocycles. The lowest BCUT2D eigenvalue weighted by Gasteiger charge is -2.19. The van der Waals surface area contributed by atoms with Crippen molar-refractivity contribution in [2.75, 3.05) is 11.9 Å². The van der Waals surface area contributed by atoms with Gasteiger partial charge in [0.1, 0.15) is 5.75 Å². The molecule has 7 nitrogen and oxygen atoms in total. The molecule has 0 spiro atoms. The molecule has 0 bridgehead atoms. The molecule has 2 rings (SSSR count). The van der Waals surface area contributed by atoms with E-state index in [4.69, 9.17) is 4.74 Å². The van der Waals surface area contributed by atoms with Crippen LogP contribution in [0.3, 0.4) is 0 Å². The molecule has 7 heteroatoms. The normalized spacial score (nSPS) is 11.9. The number of anilines is 1. The Morgan fingerprint density at radius 1 is 1.07 bits per heavy atom. The number of carbonyl (C=O) groups is 1. The second-order valence-corrected chi connectivity index (χ2v) is 8.32. The summed E-state index contributed by atoms with van der Waals surface area (Å²) in [6.45, 7) is 12.2. The van der Waals surface area contributed by atoms with Crippen molar-refractivity contribution in [1.82, 2.24) is 15.3 Å². The summed E-state index contributed by atoms with van der Waals surface area (Å²) in [7, 11) is 0. The zero-order valence-corrected chi connectivity index (χ0v) is 18.9. The summed E-state index contributed by atoms with van der Waals surface area (Å²) in [4.78, 5) is 25.6. The van der Waals surface area contributed by atoms with E-state index in [-0.39, 0.29) is 11.9 Å². The number of benzene rings is 1. The smallest absolute Gasteiger partial charge is 0.253 e. The van der Waals surface area contributed by atoms with Gasteiger partial charge in [-0.3, -0.25) is 10.1 Å². The molecule has 1 aromatic carbocycles. The summed E-state index contributed by atoms with van der Waals surface area (Å²) >= 11 is 0. The molecule has 1 aromatic heterocycles. The summed E-state index contributed by atoms with van der Waals surface area (Å²) < 4.78 is 5.75. The molecule has 0 aliphatic carbocycles. The maximum atomic E-state index is 12.5. The van der Waals surface area contributed by atoms with E-state index < -0.39 is 5.41 Å². The summed E-state index contributed by atoms with van der Waals surface area (Å²) in [5.41, 5.74) is 1.83. The molecule has 30 heavy (non-hydrogen) atoms. The van der Waals surface area contributed by atoms with Crippen LogP contribution in [-0.2, 0) is 4.79 Å². The number of aliphatic imine (C=N–C) groups is 1. The molecule has 1 amide bonds. The maximum absolute atomic E-state index is 12.5. The highest BCUT2D eigenvalue weighted by molar-refractivity contribution is 6.06. The first-order chi connectivity index (χ1) is 14.2. The number of unbranched alkanes of at least 4 members (excludes halogenated alkanes) is 2. The number of amides is 1. The van der Waals surface area contributed by atoms with Crippen molar-refractivity contribution in [3.63, 3.8) is 0 Å². The van der Waals surface area contributed by atoms with Crippen molar-refractivity contribution in [3.8, 4) is 5.75 Å². The zero-order valence-electron chi connectivity index (χ0n) is 18.9. The van der Waals surface area contributed by atoms with Crippen molar-refractivity contribution < 1.29 is 9.53 Å². The van der Waals surface area contributed by atoms with Gasteiger partial charge in [-0.05, 0) is 50.6 Å². The Morgan fingerprint density at radius 3 is 2.27 bits per heavy atom. The second-order valence-electron chi connectivity index (χ2n) is 8.32. The van der Waals surface area contributed by atoms with Gasteiger partial charge in [-0.1, -0.05) is 40.5 Å². The van der Waals surface area contributed by atoms with Crippen LogP contribution in [0.15, 0.2) is 35.3 Å². The number of guanidine groups is 1. The Morgan fingerprint density at radius 2 is 1.70 bits per heavy atom. The molecular formula is C23H33N5O2. The lowest BCUT2D eigenvalue weighted by atomic mass is 9.96. The summed E-state index contributed by atoms with van der Waals surface area (Å²) in [6.07, 6.45) is 3.37. The van der Waals surface area contributed by atoms with E-state index in [1.165, 1.54) is 6.42 Å². The number of carbonyl (C=O) groups excluding carboxylic acids is 1. The topological polar surface area (TPSA) is 88.5 Å². The number of hydrogen-bond acceptors (Lipinski definition) is 5. The van der Waals surface area contributed by atoms with Gasteiger partial charge in [0, 0.05) is 22.5 Å². The Bertz CT molecular complexity index is 850. The molecule has 1 heterocycles. The third-order valence-electron chi connectivity index (χ3n) is 4.23. The Hall–Kier alpha value is -2.96. The van der Waals surface area contributed by atoms with Gasteiger partial charge < -0.3 is 10.1 Å². The standard InChI is InChI=1S/C23H33N5O2/c1-7-8-9-14-30-19-12-10-18(11-13-19)26-22(27-20(29)23(4,5)6)28-21-24-16(2)15-17(3)25-21/h10-13,15H,7-9,14H2,1-6H3,(H2,24,25,26,27,28,29). The van der Waals surface area contributed by atoms with E-state index >= 15 is 0 Å². The van der Waals surface area contributed by atoms with Gasteiger partial charge in [-0.15, -0.1) is 0 Å². The molecule has 162 valence electrons. The van der Waals surface area contributed by atoms with E-state index in [0.29, 0.717) is 12.6 Å². The first-order valence-corrected chi connectivity index (χ1v) is 10.4. The number of aromatic nitrogens is 2. The predicted molar refractivity (Wildman–Crippen MR) is 121 cm³/mol. The number of rotatable bonds is 7. The fourth-order valence-corrected chi connectivity index (χ4v) is 2.55. The second kappa shape index (κ2) is 10.7. The number of ether oxygens (including phenoxy) is 1. The lowest BCUT2D eigenvalue weighted by molar-refractivity contribution is -0.126. The molecular weight excluding hydrogens is 378 g/mol. The average molecular weight is 412 g/mol. The highest BCUT2D eigenvalue weighted by atomic mass is 16.5. The molecule has 0 aliphatic rings. The Labute approximate surface area is 179 Å². The van der Waals surface area contributed by atoms with Crippen molar-refractivity contribution in [1.29, 1.82) is 0 Å². The minimum Gasteiger partial charge on any atom is -0.494 e. The lowest BCUT2D eigenvalue weighted by Crippen LogP contribution is -2.42. The van der Waals surface area contributed by atoms with Crippen molar-refractivity contribution in [2.45, 2.75) is 60.8 Å². The first-order valence-electron chi connectivity index (χ1n) is 10.4. The fraction of sp³-hybridized carbons (Fsp3) is 0.478. The summed E-state index contributed by atoms with van der Waals surface area (Å²) in [5, 5.41) is 6.00. The molecule has 0 saturated heterocycles. The van der Waals surface area contributed by atoms with Crippen LogP contribution in [0.1, 0.15) is 58.3 Å². The number of nitrogens with zero attached hydrogens (tertiary/aromatic N) is 3. The Kier molecular flexibility index (Phi) is 8.33. The van der Waals surface area contributed by atoms with E-state index in [1.807, 2.05) is 65.0 Å². The van der Waals surface area contributed by atoms with E-state index in [0.717, 1.165) is 35.7 Å². The zero-order chi connectivity index (χ0) is 22.1. The maximum Gasteiger partial charge on any atom is 0.253 e. The van der Waals surface area contributed by atoms with Crippen LogP contribution < -0.4 is 15.4 Å². The third kappa shape index (κ3) is 7.81. The van der Waals surface area contributed by atoms with Crippen molar-refractivity contribution >= 4 is 23.5 Å². The van der Waals surface area contributed by atoms with Crippen LogP contribution in [-0.4, -0.2) is 28.4 Å². The van der Waals surface area contributed by atoms with E-state index in [9.17, 15) is 4.79 Å². The monoisotopic (exact) mass is 411 g/mol. The van der Waals surface area contributed by atoms with Gasteiger partial charge in [0.2, 0.25) is 11.9 Å². The SMILES string of the molecule is CCCCCOc1ccc(NC(=Nc2nc(C)cc(C)n2)NC(=O)C(C)(C)C)cc1. The van der Waals surface area contributed by atoms with Gasteiger partial charge in [0.15, 0.2) is 0 Å². The number of nitrogens with one attached hydrogen (secondary N) is 2. The molecule has 0 unspecified atom stereocenters. The quantitative estimate of drug-likeness (QED) is 0.383. The number of hydrogen-bond donors (Lipinski definition) is 2. The highest BCUT2D eigenvalue weighted by Gasteiger charge is 2.22. The van der Waals surface area contributed by atoms with Crippen LogP contribution in [0, 0.1) is 19.3 Å². The average Bonchev–Trinajstić information content (AvgIpc) is 2.65. The van der Waals surface area contributed by atoms with Gasteiger partial charge in [-0.25, -0.2) is 9.97 Å². The molecule has 0 radical (unpaired) electrons. The summed E-state index contributed by atoms with van der Waals surface area (Å²) in [6, 6.07) is 9.43. The van der Waals surface area contributed by atoms with Crippen molar-refractivity contribution in [3.05, 3.63) is 41.7 Å². The van der Waals surface area contributed by atoms with Gasteiger partial charge in [0.25, 0.3) is 5.95 Å². The molecule has 0 atom stereocenters. The van der Waals surface area contributed by atoms with Crippen LogP contribution in [0.5, 0.6) is 5.75 Å².